The van der Waals surface area contributed by atoms with Crippen molar-refractivity contribution in [1.29, 1.82) is 0 Å². The minimum Gasteiger partial charge on any atom is -0.497 e. The smallest absolute Gasteiger partial charge is 0.287 e. The van der Waals surface area contributed by atoms with Gasteiger partial charge in [-0.2, -0.15) is 5.10 Å². The minimum atomic E-state index is -0.308. The highest BCUT2D eigenvalue weighted by molar-refractivity contribution is 5.98. The number of aromatic nitrogens is 1. The molecule has 1 aromatic heterocycles. The first kappa shape index (κ1) is 16.6. The third-order valence-corrected chi connectivity index (χ3v) is 3.65. The first-order valence-corrected chi connectivity index (χ1v) is 7.92. The van der Waals surface area contributed by atoms with Crippen LogP contribution in [0.4, 0.5) is 0 Å². The number of methoxy groups -OCH3 is 1. The minimum absolute atomic E-state index is 0.308. The van der Waals surface area contributed by atoms with Crippen LogP contribution < -0.4 is 14.9 Å². The average Bonchev–Trinajstić information content (AvgIpc) is 3.06. The molecule has 6 heteroatoms. The zero-order chi connectivity index (χ0) is 17.6. The molecule has 0 bridgehead atoms. The zero-order valence-corrected chi connectivity index (χ0v) is 14.1. The molecule has 0 aliphatic carbocycles. The number of amides is 1. The van der Waals surface area contributed by atoms with Crippen molar-refractivity contribution in [3.8, 4) is 11.5 Å². The van der Waals surface area contributed by atoms with Gasteiger partial charge in [-0.05, 0) is 55.0 Å². The maximum absolute atomic E-state index is 12.2. The molecule has 2 aromatic carbocycles. The van der Waals surface area contributed by atoms with Gasteiger partial charge in [-0.25, -0.2) is 5.43 Å². The van der Waals surface area contributed by atoms with Crippen LogP contribution in [0.15, 0.2) is 53.6 Å². The van der Waals surface area contributed by atoms with Gasteiger partial charge in [0.1, 0.15) is 17.2 Å². The van der Waals surface area contributed by atoms with E-state index < -0.39 is 0 Å². The normalized spacial score (nSPS) is 11.0. The molecule has 0 spiro atoms. The van der Waals surface area contributed by atoms with Crippen LogP contribution in [0.3, 0.4) is 0 Å². The lowest BCUT2D eigenvalue weighted by Gasteiger charge is -2.02. The Hall–Kier alpha value is -3.28. The molecule has 3 aromatic rings. The van der Waals surface area contributed by atoms with Crippen molar-refractivity contribution in [3.63, 3.8) is 0 Å². The number of hydrogen-bond acceptors (Lipinski definition) is 4. The second kappa shape index (κ2) is 7.53. The van der Waals surface area contributed by atoms with Crippen molar-refractivity contribution in [2.24, 2.45) is 5.10 Å². The van der Waals surface area contributed by atoms with Crippen molar-refractivity contribution in [2.75, 3.05) is 13.7 Å². The van der Waals surface area contributed by atoms with E-state index in [-0.39, 0.29) is 5.91 Å². The highest BCUT2D eigenvalue weighted by atomic mass is 16.5. The summed E-state index contributed by atoms with van der Waals surface area (Å²) < 4.78 is 10.6. The number of benzene rings is 2. The largest absolute Gasteiger partial charge is 0.497 e. The first-order chi connectivity index (χ1) is 12.2. The van der Waals surface area contributed by atoms with Crippen LogP contribution in [0.2, 0.25) is 0 Å². The summed E-state index contributed by atoms with van der Waals surface area (Å²) in [6, 6.07) is 14.8. The quantitative estimate of drug-likeness (QED) is 0.535. The predicted octanol–water partition coefficient (Wildman–Crippen LogP) is 3.34. The molecule has 6 nitrogen and oxygen atoms in total. The van der Waals surface area contributed by atoms with E-state index in [2.05, 4.69) is 15.5 Å². The van der Waals surface area contributed by atoms with Gasteiger partial charge in [0.2, 0.25) is 0 Å². The molecule has 128 valence electrons. The van der Waals surface area contributed by atoms with E-state index in [9.17, 15) is 4.79 Å². The van der Waals surface area contributed by atoms with Gasteiger partial charge in [0.15, 0.2) is 0 Å². The van der Waals surface area contributed by atoms with Crippen molar-refractivity contribution < 1.29 is 14.3 Å². The molecule has 1 amide bonds. The SMILES string of the molecule is CCOc1ccc(/C=N\NC(=O)c2cc3ccc(OC)cc3[nH]2)cc1. The molecule has 0 saturated heterocycles. The number of hydrazone groups is 1. The van der Waals surface area contributed by atoms with Gasteiger partial charge in [-0.3, -0.25) is 4.79 Å². The number of ether oxygens (including phenoxy) is 2. The Labute approximate surface area is 145 Å². The summed E-state index contributed by atoms with van der Waals surface area (Å²) in [6.45, 7) is 2.56. The number of hydrogen-bond donors (Lipinski definition) is 2. The summed E-state index contributed by atoms with van der Waals surface area (Å²) in [5, 5.41) is 4.92. The molecule has 0 atom stereocenters. The van der Waals surface area contributed by atoms with E-state index in [0.717, 1.165) is 28.0 Å². The molecule has 1 heterocycles. The van der Waals surface area contributed by atoms with Crippen LogP contribution in [-0.2, 0) is 0 Å². The van der Waals surface area contributed by atoms with Gasteiger partial charge in [-0.1, -0.05) is 0 Å². The van der Waals surface area contributed by atoms with Gasteiger partial charge in [0.25, 0.3) is 5.91 Å². The van der Waals surface area contributed by atoms with E-state index in [1.165, 1.54) is 0 Å². The number of H-pyrrole nitrogens is 1. The molecule has 25 heavy (non-hydrogen) atoms. The number of rotatable bonds is 6. The van der Waals surface area contributed by atoms with E-state index in [0.29, 0.717) is 12.3 Å². The maximum Gasteiger partial charge on any atom is 0.287 e. The first-order valence-electron chi connectivity index (χ1n) is 7.92. The summed E-state index contributed by atoms with van der Waals surface area (Å²) in [7, 11) is 1.60. The van der Waals surface area contributed by atoms with Crippen LogP contribution in [-0.4, -0.2) is 30.8 Å². The Morgan fingerprint density at radius 3 is 2.64 bits per heavy atom. The van der Waals surface area contributed by atoms with E-state index in [1.54, 1.807) is 19.4 Å². The zero-order valence-electron chi connectivity index (χ0n) is 14.1. The Morgan fingerprint density at radius 2 is 1.92 bits per heavy atom. The van der Waals surface area contributed by atoms with Crippen molar-refractivity contribution in [1.82, 2.24) is 10.4 Å². The summed E-state index contributed by atoms with van der Waals surface area (Å²) in [6.07, 6.45) is 1.58. The molecule has 0 unspecified atom stereocenters. The second-order valence-corrected chi connectivity index (χ2v) is 5.34. The fraction of sp³-hybridized carbons (Fsp3) is 0.158. The van der Waals surface area contributed by atoms with Gasteiger partial charge >= 0.3 is 0 Å². The number of aromatic amines is 1. The fourth-order valence-corrected chi connectivity index (χ4v) is 2.40. The van der Waals surface area contributed by atoms with Gasteiger partial charge in [0, 0.05) is 17.0 Å². The Morgan fingerprint density at radius 1 is 1.16 bits per heavy atom. The Kier molecular flexibility index (Phi) is 4.99. The molecule has 2 N–H and O–H groups in total. The second-order valence-electron chi connectivity index (χ2n) is 5.34. The van der Waals surface area contributed by atoms with Crippen LogP contribution in [0.1, 0.15) is 23.0 Å². The highest BCUT2D eigenvalue weighted by Crippen LogP contribution is 2.21. The van der Waals surface area contributed by atoms with Crippen molar-refractivity contribution >= 4 is 23.0 Å². The molecular formula is C19H19N3O3. The third kappa shape index (κ3) is 3.98. The average molecular weight is 337 g/mol. The number of nitrogens with one attached hydrogen (secondary N) is 2. The Bertz CT molecular complexity index is 898. The summed E-state index contributed by atoms with van der Waals surface area (Å²) in [5.74, 6) is 1.23. The highest BCUT2D eigenvalue weighted by Gasteiger charge is 2.09. The monoisotopic (exact) mass is 337 g/mol. The Balaban J connectivity index is 1.65. The van der Waals surface area contributed by atoms with Gasteiger partial charge in [0.05, 0.1) is 19.9 Å². The lowest BCUT2D eigenvalue weighted by molar-refractivity contribution is 0.0951. The number of carbonyl (C=O) groups excluding carboxylic acids is 1. The molecule has 0 radical (unpaired) electrons. The standard InChI is InChI=1S/C19H19N3O3/c1-3-25-15-7-4-13(5-8-15)12-20-22-19(23)18-10-14-6-9-16(24-2)11-17(14)21-18/h4-12,21H,3H2,1-2H3,(H,22,23)/b20-12-. The van der Waals surface area contributed by atoms with Gasteiger partial charge < -0.3 is 14.5 Å². The molecule has 0 fully saturated rings. The molecular weight excluding hydrogens is 318 g/mol. The van der Waals surface area contributed by atoms with Gasteiger partial charge in [-0.15, -0.1) is 0 Å². The van der Waals surface area contributed by atoms with Crippen LogP contribution in [0.5, 0.6) is 11.5 Å². The topological polar surface area (TPSA) is 75.7 Å². The van der Waals surface area contributed by atoms with E-state index in [1.807, 2.05) is 49.4 Å². The van der Waals surface area contributed by atoms with E-state index in [4.69, 9.17) is 9.47 Å². The van der Waals surface area contributed by atoms with Crippen LogP contribution >= 0.6 is 0 Å². The number of nitrogens with zero attached hydrogens (tertiary/aromatic N) is 1. The van der Waals surface area contributed by atoms with Crippen molar-refractivity contribution in [2.45, 2.75) is 6.92 Å². The molecule has 0 aliphatic heterocycles. The van der Waals surface area contributed by atoms with Crippen molar-refractivity contribution in [3.05, 3.63) is 59.8 Å². The van der Waals surface area contributed by atoms with E-state index >= 15 is 0 Å². The summed E-state index contributed by atoms with van der Waals surface area (Å²) in [5.41, 5.74) is 4.65. The molecule has 0 aliphatic rings. The van der Waals surface area contributed by atoms with Crippen LogP contribution in [0, 0.1) is 0 Å². The third-order valence-electron chi connectivity index (χ3n) is 3.65. The molecule has 0 saturated carbocycles. The lowest BCUT2D eigenvalue weighted by Crippen LogP contribution is -2.17. The predicted molar refractivity (Wildman–Crippen MR) is 97.5 cm³/mol. The molecule has 3 rings (SSSR count). The summed E-state index contributed by atoms with van der Waals surface area (Å²) in [4.78, 5) is 15.2. The fourth-order valence-electron chi connectivity index (χ4n) is 2.40. The maximum atomic E-state index is 12.2. The van der Waals surface area contributed by atoms with Crippen LogP contribution in [0.25, 0.3) is 10.9 Å². The lowest BCUT2D eigenvalue weighted by atomic mass is 10.2. The number of carbonyl (C=O) groups is 1. The summed E-state index contributed by atoms with van der Waals surface area (Å²) >= 11 is 0. The number of fused-ring (bicyclic) bond motifs is 1.